The first-order valence-electron chi connectivity index (χ1n) is 10.9. The van der Waals surface area contributed by atoms with Crippen LogP contribution in [0.15, 0.2) is 48.5 Å². The molecule has 0 atom stereocenters. The first kappa shape index (κ1) is 22.6. The van der Waals surface area contributed by atoms with Crippen molar-refractivity contribution in [3.8, 4) is 5.75 Å². The number of benzene rings is 2. The van der Waals surface area contributed by atoms with Crippen LogP contribution >= 0.6 is 0 Å². The molecule has 1 aliphatic rings. The van der Waals surface area contributed by atoms with E-state index in [1.807, 2.05) is 36.4 Å². The van der Waals surface area contributed by atoms with E-state index in [1.165, 1.54) is 0 Å². The molecule has 7 heteroatoms. The third kappa shape index (κ3) is 5.35. The van der Waals surface area contributed by atoms with Gasteiger partial charge in [-0.05, 0) is 43.8 Å². The van der Waals surface area contributed by atoms with Gasteiger partial charge < -0.3 is 15.0 Å². The van der Waals surface area contributed by atoms with Crippen LogP contribution in [0.3, 0.4) is 0 Å². The molecule has 3 rings (SSSR count). The summed E-state index contributed by atoms with van der Waals surface area (Å²) in [7, 11) is 1.54. The van der Waals surface area contributed by atoms with E-state index in [2.05, 4.69) is 24.1 Å². The highest BCUT2D eigenvalue weighted by atomic mass is 16.5. The summed E-state index contributed by atoms with van der Waals surface area (Å²) >= 11 is 0. The summed E-state index contributed by atoms with van der Waals surface area (Å²) in [4.78, 5) is 31.6. The van der Waals surface area contributed by atoms with Crippen LogP contribution < -0.4 is 19.9 Å². The zero-order chi connectivity index (χ0) is 22.2. The lowest BCUT2D eigenvalue weighted by Gasteiger charge is -2.35. The number of amides is 3. The molecule has 0 saturated carbocycles. The molecule has 1 heterocycles. The molecule has 0 spiro atoms. The third-order valence-electron chi connectivity index (χ3n) is 5.64. The molecule has 2 aromatic rings. The number of hydrogen-bond donors (Lipinski definition) is 1. The monoisotopic (exact) mass is 424 g/mol. The second-order valence-corrected chi connectivity index (χ2v) is 7.44. The number of likely N-dealkylation sites (N-methyl/N-ethyl adjacent to an activating group) is 1. The minimum Gasteiger partial charge on any atom is -0.496 e. The second kappa shape index (κ2) is 10.8. The maximum absolute atomic E-state index is 13.1. The summed E-state index contributed by atoms with van der Waals surface area (Å²) in [6, 6.07) is 14.9. The Hall–Kier alpha value is -3.06. The van der Waals surface area contributed by atoms with Gasteiger partial charge in [-0.25, -0.2) is 4.79 Å². The van der Waals surface area contributed by atoms with Crippen LogP contribution in [0.25, 0.3) is 0 Å². The van der Waals surface area contributed by atoms with Crippen LogP contribution in [0.1, 0.15) is 30.6 Å². The van der Waals surface area contributed by atoms with Gasteiger partial charge in [0, 0.05) is 43.6 Å². The largest absolute Gasteiger partial charge is 0.496 e. The van der Waals surface area contributed by atoms with E-state index >= 15 is 0 Å². The number of carbonyl (C=O) groups excluding carboxylic acids is 2. The Labute approximate surface area is 184 Å². The van der Waals surface area contributed by atoms with E-state index in [4.69, 9.17) is 4.74 Å². The summed E-state index contributed by atoms with van der Waals surface area (Å²) in [5.41, 5.74) is 2.07. The summed E-state index contributed by atoms with van der Waals surface area (Å²) < 4.78 is 5.49. The summed E-state index contributed by atoms with van der Waals surface area (Å²) in [5, 5.41) is 2.96. The number of hydrogen-bond acceptors (Lipinski definition) is 4. The predicted octanol–water partition coefficient (Wildman–Crippen LogP) is 3.60. The molecule has 1 N–H and O–H groups in total. The Balaban J connectivity index is 1.73. The Morgan fingerprint density at radius 1 is 1.03 bits per heavy atom. The fourth-order valence-corrected chi connectivity index (χ4v) is 3.81. The molecular weight excluding hydrogens is 392 g/mol. The van der Waals surface area contributed by atoms with Crippen molar-refractivity contribution in [3.63, 3.8) is 0 Å². The van der Waals surface area contributed by atoms with Crippen LogP contribution in [0, 0.1) is 0 Å². The molecule has 0 unspecified atom stereocenters. The van der Waals surface area contributed by atoms with Crippen molar-refractivity contribution in [3.05, 3.63) is 54.1 Å². The second-order valence-electron chi connectivity index (χ2n) is 7.44. The Morgan fingerprint density at radius 3 is 2.35 bits per heavy atom. The van der Waals surface area contributed by atoms with Gasteiger partial charge in [-0.15, -0.1) is 0 Å². The lowest BCUT2D eigenvalue weighted by atomic mass is 10.1. The van der Waals surface area contributed by atoms with E-state index in [0.717, 1.165) is 37.4 Å². The molecule has 0 bridgehead atoms. The number of nitrogens with zero attached hydrogens (tertiary/aromatic N) is 3. The molecule has 166 valence electrons. The molecule has 1 fully saturated rings. The maximum atomic E-state index is 13.1. The highest BCUT2D eigenvalue weighted by Gasteiger charge is 2.28. The Kier molecular flexibility index (Phi) is 7.89. The minimum atomic E-state index is -0.175. The molecule has 0 radical (unpaired) electrons. The number of carbonyl (C=O) groups is 2. The van der Waals surface area contributed by atoms with Crippen LogP contribution in [-0.2, 0) is 0 Å². The molecule has 1 aliphatic heterocycles. The lowest BCUT2D eigenvalue weighted by Crippen LogP contribution is -2.49. The van der Waals surface area contributed by atoms with Gasteiger partial charge in [-0.2, -0.15) is 0 Å². The fraction of sp³-hybridized carbons (Fsp3) is 0.417. The zero-order valence-corrected chi connectivity index (χ0v) is 18.6. The molecule has 1 saturated heterocycles. The van der Waals surface area contributed by atoms with Gasteiger partial charge in [0.05, 0.1) is 12.7 Å². The fourth-order valence-electron chi connectivity index (χ4n) is 3.81. The van der Waals surface area contributed by atoms with Crippen molar-refractivity contribution >= 4 is 23.3 Å². The maximum Gasteiger partial charge on any atom is 0.328 e. The van der Waals surface area contributed by atoms with E-state index in [-0.39, 0.29) is 11.9 Å². The zero-order valence-electron chi connectivity index (χ0n) is 18.6. The molecule has 0 aliphatic carbocycles. The number of para-hydroxylation sites is 1. The van der Waals surface area contributed by atoms with Gasteiger partial charge in [0.15, 0.2) is 0 Å². The average molecular weight is 425 g/mol. The number of anilines is 2. The Bertz CT molecular complexity index is 884. The molecule has 2 aromatic carbocycles. The van der Waals surface area contributed by atoms with E-state index in [0.29, 0.717) is 30.9 Å². The standard InChI is InChI=1S/C24H32N4O3/c1-4-26(5-2)17-14-25-23(29)21-13-12-20(18-22(21)31-3)28-16-9-15-27(24(28)30)19-10-7-6-8-11-19/h6-8,10-13,18H,4-5,9,14-17H2,1-3H3,(H,25,29). The van der Waals surface area contributed by atoms with Crippen LogP contribution in [0.4, 0.5) is 16.2 Å². The van der Waals surface area contributed by atoms with Crippen molar-refractivity contribution in [2.75, 3.05) is 56.2 Å². The van der Waals surface area contributed by atoms with Crippen molar-refractivity contribution in [2.24, 2.45) is 0 Å². The van der Waals surface area contributed by atoms with E-state index in [1.54, 1.807) is 29.0 Å². The number of urea groups is 1. The van der Waals surface area contributed by atoms with Gasteiger partial charge in [0.1, 0.15) is 5.75 Å². The van der Waals surface area contributed by atoms with Crippen LogP contribution in [0.5, 0.6) is 5.75 Å². The van der Waals surface area contributed by atoms with Gasteiger partial charge in [0.25, 0.3) is 5.91 Å². The van der Waals surface area contributed by atoms with Crippen molar-refractivity contribution in [1.82, 2.24) is 10.2 Å². The molecule has 31 heavy (non-hydrogen) atoms. The first-order valence-corrected chi connectivity index (χ1v) is 10.9. The molecule has 3 amide bonds. The minimum absolute atomic E-state index is 0.0732. The summed E-state index contributed by atoms with van der Waals surface area (Å²) in [6.07, 6.45) is 0.858. The number of methoxy groups -OCH3 is 1. The number of ether oxygens (including phenoxy) is 1. The summed E-state index contributed by atoms with van der Waals surface area (Å²) in [6.45, 7) is 8.80. The Morgan fingerprint density at radius 2 is 1.71 bits per heavy atom. The number of nitrogens with one attached hydrogen (secondary N) is 1. The van der Waals surface area contributed by atoms with Gasteiger partial charge in [-0.3, -0.25) is 14.6 Å². The average Bonchev–Trinajstić information content (AvgIpc) is 2.82. The van der Waals surface area contributed by atoms with Crippen molar-refractivity contribution in [2.45, 2.75) is 20.3 Å². The first-order chi connectivity index (χ1) is 15.1. The smallest absolute Gasteiger partial charge is 0.328 e. The van der Waals surface area contributed by atoms with Crippen LogP contribution in [-0.4, -0.2) is 63.2 Å². The lowest BCUT2D eigenvalue weighted by molar-refractivity contribution is 0.0946. The van der Waals surface area contributed by atoms with Crippen molar-refractivity contribution < 1.29 is 14.3 Å². The SMILES string of the molecule is CCN(CC)CCNC(=O)c1ccc(N2CCCN(c3ccccc3)C2=O)cc1OC. The third-order valence-corrected chi connectivity index (χ3v) is 5.64. The number of rotatable bonds is 9. The van der Waals surface area contributed by atoms with E-state index < -0.39 is 0 Å². The molecular formula is C24H32N4O3. The predicted molar refractivity (Wildman–Crippen MR) is 124 cm³/mol. The van der Waals surface area contributed by atoms with Crippen molar-refractivity contribution in [1.29, 1.82) is 0 Å². The normalized spacial score (nSPS) is 14.1. The van der Waals surface area contributed by atoms with Gasteiger partial charge >= 0.3 is 6.03 Å². The van der Waals surface area contributed by atoms with Crippen LogP contribution in [0.2, 0.25) is 0 Å². The highest BCUT2D eigenvalue weighted by Crippen LogP contribution is 2.29. The molecule has 0 aromatic heterocycles. The summed E-state index contributed by atoms with van der Waals surface area (Å²) in [5.74, 6) is 0.286. The topological polar surface area (TPSA) is 65.1 Å². The molecule has 7 nitrogen and oxygen atoms in total. The van der Waals surface area contributed by atoms with Gasteiger partial charge in [0.2, 0.25) is 0 Å². The highest BCUT2D eigenvalue weighted by molar-refractivity contribution is 6.05. The van der Waals surface area contributed by atoms with Gasteiger partial charge in [-0.1, -0.05) is 32.0 Å². The quantitative estimate of drug-likeness (QED) is 0.668. The van der Waals surface area contributed by atoms with E-state index in [9.17, 15) is 9.59 Å².